The van der Waals surface area contributed by atoms with E-state index in [1.807, 2.05) is 0 Å². The van der Waals surface area contributed by atoms with Crippen LogP contribution in [0, 0.1) is 0 Å². The minimum absolute atomic E-state index is 0.203. The van der Waals surface area contributed by atoms with Crippen LogP contribution >= 0.6 is 11.6 Å². The van der Waals surface area contributed by atoms with Crippen LogP contribution in [-0.2, 0) is 6.18 Å². The number of rotatable bonds is 1. The van der Waals surface area contributed by atoms with E-state index in [-0.39, 0.29) is 10.8 Å². The molecule has 2 aromatic rings. The van der Waals surface area contributed by atoms with Crippen molar-refractivity contribution in [2.45, 2.75) is 6.18 Å². The predicted molar refractivity (Wildman–Crippen MR) is 47.5 cm³/mol. The van der Waals surface area contributed by atoms with Gasteiger partial charge in [0.25, 0.3) is 0 Å². The van der Waals surface area contributed by atoms with E-state index in [9.17, 15) is 18.3 Å². The highest BCUT2D eigenvalue weighted by molar-refractivity contribution is 6.29. The molecule has 0 amide bonds. The summed E-state index contributed by atoms with van der Waals surface area (Å²) in [5.74, 6) is -0.855. The number of hydrogen-bond donors (Lipinski definition) is 0. The average molecular weight is 265 g/mol. The van der Waals surface area contributed by atoms with Crippen LogP contribution in [0.5, 0.6) is 5.95 Å². The Morgan fingerprint density at radius 2 is 1.82 bits per heavy atom. The summed E-state index contributed by atoms with van der Waals surface area (Å²) in [4.78, 5) is 0. The lowest BCUT2D eigenvalue weighted by atomic mass is 10.2. The van der Waals surface area contributed by atoms with E-state index in [2.05, 4.69) is 9.79 Å². The van der Waals surface area contributed by atoms with E-state index < -0.39 is 17.7 Å². The Morgan fingerprint density at radius 3 is 2.24 bits per heavy atom. The molecule has 0 radical (unpaired) electrons. The van der Waals surface area contributed by atoms with Gasteiger partial charge in [0.15, 0.2) is 5.95 Å². The molecule has 17 heavy (non-hydrogen) atoms. The molecule has 1 aromatic carbocycles. The minimum atomic E-state index is -4.42. The second-order valence-electron chi connectivity index (χ2n) is 3.11. The highest BCUT2D eigenvalue weighted by atomic mass is 35.5. The van der Waals surface area contributed by atoms with Gasteiger partial charge in [-0.3, -0.25) is 0 Å². The molecular formula is C9H4ClF3N2O2. The molecule has 0 aliphatic carbocycles. The fraction of sp³-hybridized carbons (Fsp3) is 0.111. The van der Waals surface area contributed by atoms with Crippen LogP contribution in [0.4, 0.5) is 13.2 Å². The van der Waals surface area contributed by atoms with Gasteiger partial charge in [0.1, 0.15) is 0 Å². The van der Waals surface area contributed by atoms with E-state index in [1.54, 1.807) is 0 Å². The zero-order chi connectivity index (χ0) is 12.6. The smallest absolute Gasteiger partial charge is 0.416 e. The van der Waals surface area contributed by atoms with Gasteiger partial charge in [0.2, 0.25) is 5.69 Å². The first-order valence-electron chi connectivity index (χ1n) is 4.32. The maximum atomic E-state index is 12.3. The predicted octanol–water partition coefficient (Wildman–Crippen LogP) is 1.70. The van der Waals surface area contributed by atoms with Crippen LogP contribution in [0.1, 0.15) is 5.56 Å². The monoisotopic (exact) mass is 264 g/mol. The summed E-state index contributed by atoms with van der Waals surface area (Å²) in [6, 6.07) is 3.99. The third kappa shape index (κ3) is 2.19. The van der Waals surface area contributed by atoms with E-state index in [0.717, 1.165) is 28.9 Å². The maximum absolute atomic E-state index is 12.3. The summed E-state index contributed by atoms with van der Waals surface area (Å²) < 4.78 is 42.0. The Bertz CT molecular complexity index is 536. The van der Waals surface area contributed by atoms with Gasteiger partial charge < -0.3 is 9.63 Å². The lowest BCUT2D eigenvalue weighted by molar-refractivity contribution is -0.668. The molecule has 4 nitrogen and oxygen atoms in total. The largest absolute Gasteiger partial charge is 0.538 e. The standard InChI is InChI=1S/C9H4ClF3N2O2/c10-7-8(16)17-14-15(7)6-3-1-5(2-4-6)9(11,12)13/h1-4H. The fourth-order valence-electron chi connectivity index (χ4n) is 1.19. The highest BCUT2D eigenvalue weighted by Crippen LogP contribution is 2.29. The van der Waals surface area contributed by atoms with Crippen molar-refractivity contribution in [1.29, 1.82) is 0 Å². The van der Waals surface area contributed by atoms with Crippen molar-refractivity contribution in [3.63, 3.8) is 0 Å². The first kappa shape index (κ1) is 11.7. The molecule has 1 aromatic heterocycles. The van der Waals surface area contributed by atoms with Crippen LogP contribution in [0.25, 0.3) is 5.69 Å². The van der Waals surface area contributed by atoms with Crippen molar-refractivity contribution in [3.8, 4) is 11.6 Å². The first-order valence-corrected chi connectivity index (χ1v) is 4.69. The van der Waals surface area contributed by atoms with Crippen molar-refractivity contribution >= 4 is 11.6 Å². The van der Waals surface area contributed by atoms with Gasteiger partial charge in [-0.15, -0.1) is 0 Å². The van der Waals surface area contributed by atoms with Crippen molar-refractivity contribution in [2.75, 3.05) is 0 Å². The molecule has 2 rings (SSSR count). The Morgan fingerprint density at radius 1 is 1.24 bits per heavy atom. The molecule has 0 aliphatic heterocycles. The zero-order valence-electron chi connectivity index (χ0n) is 8.03. The summed E-state index contributed by atoms with van der Waals surface area (Å²) in [6.07, 6.45) is -4.42. The van der Waals surface area contributed by atoms with Gasteiger partial charge >= 0.3 is 11.3 Å². The Hall–Kier alpha value is -1.76. The average Bonchev–Trinajstić information content (AvgIpc) is 2.59. The highest BCUT2D eigenvalue weighted by Gasteiger charge is 2.31. The second-order valence-corrected chi connectivity index (χ2v) is 3.47. The normalized spacial score (nSPS) is 11.8. The van der Waals surface area contributed by atoms with Crippen molar-refractivity contribution in [2.24, 2.45) is 0 Å². The van der Waals surface area contributed by atoms with Crippen LogP contribution < -0.4 is 9.79 Å². The van der Waals surface area contributed by atoms with Crippen molar-refractivity contribution in [1.82, 2.24) is 5.27 Å². The third-order valence-corrected chi connectivity index (χ3v) is 2.31. The van der Waals surface area contributed by atoms with E-state index in [1.165, 1.54) is 0 Å². The first-order chi connectivity index (χ1) is 7.89. The summed E-state index contributed by atoms with van der Waals surface area (Å²) >= 11 is 5.54. The Balaban J connectivity index is 2.40. The number of benzene rings is 1. The van der Waals surface area contributed by atoms with Crippen molar-refractivity contribution < 1.29 is 27.5 Å². The number of aromatic nitrogens is 2. The zero-order valence-corrected chi connectivity index (χ0v) is 8.79. The minimum Gasteiger partial charge on any atom is -0.538 e. The third-order valence-electron chi connectivity index (χ3n) is 2.00. The molecule has 0 atom stereocenters. The second kappa shape index (κ2) is 3.92. The quantitative estimate of drug-likeness (QED) is 0.737. The molecule has 0 unspecified atom stereocenters. The van der Waals surface area contributed by atoms with Gasteiger partial charge in [-0.25, -0.2) is 0 Å². The molecule has 0 spiro atoms. The molecular weight excluding hydrogens is 261 g/mol. The van der Waals surface area contributed by atoms with Gasteiger partial charge in [-0.1, -0.05) is 0 Å². The van der Waals surface area contributed by atoms with E-state index in [0.29, 0.717) is 0 Å². The fourth-order valence-corrected chi connectivity index (χ4v) is 1.35. The molecule has 0 saturated carbocycles. The number of nitrogens with zero attached hydrogens (tertiary/aromatic N) is 2. The van der Waals surface area contributed by atoms with E-state index >= 15 is 0 Å². The summed E-state index contributed by atoms with van der Waals surface area (Å²) in [5.41, 5.74) is -0.599. The number of hydrogen-bond acceptors (Lipinski definition) is 3. The Kier molecular flexibility index (Phi) is 2.70. The maximum Gasteiger partial charge on any atom is 0.416 e. The molecule has 8 heteroatoms. The van der Waals surface area contributed by atoms with Gasteiger partial charge in [0.05, 0.1) is 10.8 Å². The Labute approximate surface area is 97.8 Å². The molecule has 1 heterocycles. The molecule has 0 saturated heterocycles. The van der Waals surface area contributed by atoms with Crippen LogP contribution in [0.15, 0.2) is 28.8 Å². The van der Waals surface area contributed by atoms with Gasteiger partial charge in [-0.2, -0.15) is 13.2 Å². The van der Waals surface area contributed by atoms with Crippen LogP contribution in [0.2, 0.25) is 5.15 Å². The summed E-state index contributed by atoms with van der Waals surface area (Å²) in [5, 5.41) is 13.8. The molecule has 0 fully saturated rings. The molecule has 0 N–H and O–H groups in total. The van der Waals surface area contributed by atoms with Crippen LogP contribution in [-0.4, -0.2) is 5.27 Å². The molecule has 0 aliphatic rings. The summed E-state index contributed by atoms with van der Waals surface area (Å²) in [6.45, 7) is 0. The van der Waals surface area contributed by atoms with E-state index in [4.69, 9.17) is 11.6 Å². The van der Waals surface area contributed by atoms with Crippen molar-refractivity contribution in [3.05, 3.63) is 35.0 Å². The number of alkyl halides is 3. The van der Waals surface area contributed by atoms with Gasteiger partial charge in [0, 0.05) is 12.1 Å². The SMILES string of the molecule is [O-]c1on[n+](-c2ccc(C(F)(F)F)cc2)c1Cl. The van der Waals surface area contributed by atoms with Crippen LogP contribution in [0.3, 0.4) is 0 Å². The summed E-state index contributed by atoms with van der Waals surface area (Å²) in [7, 11) is 0. The topological polar surface area (TPSA) is 53.0 Å². The lowest BCUT2D eigenvalue weighted by Gasteiger charge is -2.04. The van der Waals surface area contributed by atoms with Gasteiger partial charge in [-0.05, 0) is 28.4 Å². The number of halogens is 4. The lowest BCUT2D eigenvalue weighted by Crippen LogP contribution is -2.33. The molecule has 0 bridgehead atoms. The molecule has 90 valence electrons.